The Morgan fingerprint density at radius 3 is 1.98 bits per heavy atom. The lowest BCUT2D eigenvalue weighted by Gasteiger charge is -2.22. The predicted molar refractivity (Wildman–Crippen MR) is 176 cm³/mol. The van der Waals surface area contributed by atoms with Crippen molar-refractivity contribution in [2.75, 3.05) is 59.4 Å². The zero-order valence-electron chi connectivity index (χ0n) is 26.9. The Labute approximate surface area is 279 Å². The van der Waals surface area contributed by atoms with Crippen LogP contribution >= 0.6 is 0 Å². The number of aromatic carboxylic acids is 1. The third kappa shape index (κ3) is 14.2. The van der Waals surface area contributed by atoms with E-state index in [1.807, 2.05) is 6.92 Å². The summed E-state index contributed by atoms with van der Waals surface area (Å²) >= 11 is 0. The van der Waals surface area contributed by atoms with Gasteiger partial charge in [0.25, 0.3) is 0 Å². The lowest BCUT2D eigenvalue weighted by Crippen LogP contribution is -2.34. The van der Waals surface area contributed by atoms with Gasteiger partial charge in [-0.3, -0.25) is 0 Å². The number of nitrogens with zero attached hydrogens (tertiary/aromatic N) is 2. The van der Waals surface area contributed by atoms with Gasteiger partial charge in [-0.1, -0.05) is 24.3 Å². The van der Waals surface area contributed by atoms with Crippen LogP contribution in [0.1, 0.15) is 38.8 Å². The van der Waals surface area contributed by atoms with Crippen molar-refractivity contribution in [3.05, 3.63) is 95.1 Å². The molecule has 5 N–H and O–H groups in total. The van der Waals surface area contributed by atoms with E-state index in [0.717, 1.165) is 0 Å². The summed E-state index contributed by atoms with van der Waals surface area (Å²) in [6.07, 6.45) is -0.612. The van der Waals surface area contributed by atoms with Gasteiger partial charge in [0.15, 0.2) is 5.96 Å². The SMILES string of the molecule is CCOCCOCCOCCOCCN(Cc1cccc(C(=O)O)c1)C(=O)OCc1ccc(OC(=O)c2ccc(N=C(N)N)cc2)cc1. The van der Waals surface area contributed by atoms with Crippen molar-refractivity contribution in [1.29, 1.82) is 0 Å². The van der Waals surface area contributed by atoms with E-state index in [1.54, 1.807) is 60.7 Å². The van der Waals surface area contributed by atoms with Gasteiger partial charge in [-0.2, -0.15) is 0 Å². The standard InChI is InChI=1S/C34H42N4O10/c1-2-43-16-17-45-20-21-46-19-18-44-15-14-38(23-26-4-3-5-28(22-26)31(39)40)34(42)47-24-25-6-12-30(13-7-25)48-32(41)27-8-10-29(11-9-27)37-33(35)36/h3-13,22H,2,14-21,23-24H2,1H3,(H,39,40)(H4,35,36,37). The maximum absolute atomic E-state index is 13.1. The Kier molecular flexibility index (Phi) is 16.4. The van der Waals surface area contributed by atoms with Crippen molar-refractivity contribution in [1.82, 2.24) is 4.90 Å². The van der Waals surface area contributed by atoms with Crippen LogP contribution in [0.5, 0.6) is 5.75 Å². The second-order valence-electron chi connectivity index (χ2n) is 10.1. The number of guanidine groups is 1. The van der Waals surface area contributed by atoms with Crippen LogP contribution in [-0.2, 0) is 36.8 Å². The van der Waals surface area contributed by atoms with Gasteiger partial charge in [-0.05, 0) is 66.6 Å². The molecule has 0 saturated heterocycles. The molecular weight excluding hydrogens is 624 g/mol. The first kappa shape index (κ1) is 37.4. The highest BCUT2D eigenvalue weighted by Crippen LogP contribution is 2.18. The molecule has 3 aromatic carbocycles. The summed E-state index contributed by atoms with van der Waals surface area (Å²) in [6, 6.07) is 19.1. The molecule has 48 heavy (non-hydrogen) atoms. The third-order valence-electron chi connectivity index (χ3n) is 6.49. The number of carboxylic acid groups (broad SMARTS) is 1. The van der Waals surface area contributed by atoms with Gasteiger partial charge in [-0.15, -0.1) is 0 Å². The zero-order valence-corrected chi connectivity index (χ0v) is 26.9. The Morgan fingerprint density at radius 2 is 1.38 bits per heavy atom. The molecule has 0 radical (unpaired) electrons. The largest absolute Gasteiger partial charge is 0.478 e. The quantitative estimate of drug-likeness (QED) is 0.0491. The van der Waals surface area contributed by atoms with Crippen LogP contribution in [0.4, 0.5) is 10.5 Å². The molecule has 258 valence electrons. The number of rotatable bonds is 21. The average Bonchev–Trinajstić information content (AvgIpc) is 3.08. The normalized spacial score (nSPS) is 10.7. The number of benzene rings is 3. The molecule has 14 heteroatoms. The van der Waals surface area contributed by atoms with Gasteiger partial charge < -0.3 is 49.9 Å². The van der Waals surface area contributed by atoms with Crippen LogP contribution in [-0.4, -0.2) is 93.4 Å². The Bertz CT molecular complexity index is 1460. The molecule has 14 nitrogen and oxygen atoms in total. The van der Waals surface area contributed by atoms with E-state index in [1.165, 1.54) is 17.0 Å². The van der Waals surface area contributed by atoms with E-state index >= 15 is 0 Å². The molecule has 0 spiro atoms. The summed E-state index contributed by atoms with van der Waals surface area (Å²) in [5, 5.41) is 9.36. The monoisotopic (exact) mass is 666 g/mol. The summed E-state index contributed by atoms with van der Waals surface area (Å²) in [7, 11) is 0. The highest BCUT2D eigenvalue weighted by Gasteiger charge is 2.17. The van der Waals surface area contributed by atoms with Crippen LogP contribution in [0.15, 0.2) is 77.8 Å². The molecule has 0 aromatic heterocycles. The summed E-state index contributed by atoms with van der Waals surface area (Å²) in [5.41, 5.74) is 12.9. The fourth-order valence-corrected chi connectivity index (χ4v) is 4.11. The maximum atomic E-state index is 13.1. The second kappa shape index (κ2) is 21.0. The van der Waals surface area contributed by atoms with Gasteiger partial charge in [0.05, 0.1) is 63.1 Å². The second-order valence-corrected chi connectivity index (χ2v) is 10.1. The first-order chi connectivity index (χ1) is 23.2. The summed E-state index contributed by atoms with van der Waals surface area (Å²) < 4.78 is 32.7. The van der Waals surface area contributed by atoms with Crippen LogP contribution in [0, 0.1) is 0 Å². The van der Waals surface area contributed by atoms with Crippen LogP contribution in [0.3, 0.4) is 0 Å². The Morgan fingerprint density at radius 1 is 0.750 bits per heavy atom. The Balaban J connectivity index is 1.48. The molecule has 0 unspecified atom stereocenters. The number of amides is 1. The maximum Gasteiger partial charge on any atom is 0.410 e. The lowest BCUT2D eigenvalue weighted by atomic mass is 10.1. The minimum Gasteiger partial charge on any atom is -0.478 e. The summed E-state index contributed by atoms with van der Waals surface area (Å²) in [5.74, 6) is -1.42. The molecule has 0 aliphatic heterocycles. The number of hydrogen-bond acceptors (Lipinski definition) is 10. The van der Waals surface area contributed by atoms with E-state index in [9.17, 15) is 19.5 Å². The van der Waals surface area contributed by atoms with Crippen LogP contribution in [0.2, 0.25) is 0 Å². The molecule has 0 saturated carbocycles. The molecule has 0 aliphatic carbocycles. The van der Waals surface area contributed by atoms with Crippen LogP contribution < -0.4 is 16.2 Å². The van der Waals surface area contributed by atoms with Gasteiger partial charge in [0.2, 0.25) is 0 Å². The van der Waals surface area contributed by atoms with Gasteiger partial charge >= 0.3 is 18.0 Å². The molecule has 0 fully saturated rings. The first-order valence-corrected chi connectivity index (χ1v) is 15.3. The molecule has 0 heterocycles. The van der Waals surface area contributed by atoms with E-state index in [4.69, 9.17) is 39.9 Å². The molecular formula is C34H42N4O10. The van der Waals surface area contributed by atoms with Crippen molar-refractivity contribution >= 4 is 29.7 Å². The number of esters is 1. The van der Waals surface area contributed by atoms with Gasteiger partial charge in [0, 0.05) is 19.7 Å². The van der Waals surface area contributed by atoms with E-state index < -0.39 is 18.0 Å². The van der Waals surface area contributed by atoms with Crippen molar-refractivity contribution in [3.8, 4) is 5.75 Å². The van der Waals surface area contributed by atoms with E-state index in [0.29, 0.717) is 74.4 Å². The lowest BCUT2D eigenvalue weighted by molar-refractivity contribution is -0.00316. The molecule has 0 aliphatic rings. The number of nitrogens with two attached hydrogens (primary N) is 2. The fourth-order valence-electron chi connectivity index (χ4n) is 4.11. The minimum absolute atomic E-state index is 0.0493. The molecule has 1 amide bonds. The summed E-state index contributed by atoms with van der Waals surface area (Å²) in [4.78, 5) is 42.4. The predicted octanol–water partition coefficient (Wildman–Crippen LogP) is 3.73. The highest BCUT2D eigenvalue weighted by molar-refractivity contribution is 5.91. The zero-order chi connectivity index (χ0) is 34.6. The van der Waals surface area contributed by atoms with Crippen molar-refractivity contribution < 1.29 is 47.9 Å². The van der Waals surface area contributed by atoms with Crippen molar-refractivity contribution in [3.63, 3.8) is 0 Å². The van der Waals surface area contributed by atoms with E-state index in [2.05, 4.69) is 4.99 Å². The number of carboxylic acids is 1. The number of hydrogen-bond donors (Lipinski definition) is 3. The fraction of sp³-hybridized carbons (Fsp3) is 0.353. The van der Waals surface area contributed by atoms with Crippen LogP contribution in [0.25, 0.3) is 0 Å². The summed E-state index contributed by atoms with van der Waals surface area (Å²) in [6.45, 7) is 5.64. The number of ether oxygens (including phenoxy) is 6. The average molecular weight is 667 g/mol. The van der Waals surface area contributed by atoms with Gasteiger partial charge in [-0.25, -0.2) is 19.4 Å². The number of carbonyl (C=O) groups is 3. The number of aliphatic imine (C=N–C) groups is 1. The molecule has 3 aromatic rings. The minimum atomic E-state index is -1.07. The third-order valence-corrected chi connectivity index (χ3v) is 6.49. The van der Waals surface area contributed by atoms with E-state index in [-0.39, 0.29) is 37.8 Å². The topological polar surface area (TPSA) is 194 Å². The number of carbonyl (C=O) groups excluding carboxylic acids is 2. The van der Waals surface area contributed by atoms with Crippen molar-refractivity contribution in [2.45, 2.75) is 20.1 Å². The van der Waals surface area contributed by atoms with Gasteiger partial charge in [0.1, 0.15) is 12.4 Å². The molecule has 0 bridgehead atoms. The van der Waals surface area contributed by atoms with Crippen molar-refractivity contribution in [2.24, 2.45) is 16.5 Å². The smallest absolute Gasteiger partial charge is 0.410 e. The highest BCUT2D eigenvalue weighted by atomic mass is 16.6. The molecule has 0 atom stereocenters. The Hall–Kier alpha value is -5.02. The molecule has 3 rings (SSSR count). The first-order valence-electron chi connectivity index (χ1n) is 15.3.